The van der Waals surface area contributed by atoms with Crippen LogP contribution < -0.4 is 10.1 Å². The summed E-state index contributed by atoms with van der Waals surface area (Å²) in [5, 5.41) is 12.0. The number of nitriles is 1. The van der Waals surface area contributed by atoms with Gasteiger partial charge in [0.1, 0.15) is 17.4 Å². The lowest BCUT2D eigenvalue weighted by molar-refractivity contribution is -0.136. The van der Waals surface area contributed by atoms with E-state index in [2.05, 4.69) is 11.4 Å². The van der Waals surface area contributed by atoms with Crippen LogP contribution in [-0.4, -0.2) is 25.2 Å². The maximum atomic E-state index is 12.2. The van der Waals surface area contributed by atoms with Crippen molar-refractivity contribution in [3.05, 3.63) is 23.8 Å². The number of carbonyl (C=O) groups excluding carboxylic acids is 1. The molecule has 1 N–H and O–H groups in total. The van der Waals surface area contributed by atoms with Gasteiger partial charge in [0.15, 0.2) is 0 Å². The molecule has 0 aromatic heterocycles. The molecule has 0 heterocycles. The van der Waals surface area contributed by atoms with E-state index in [1.165, 1.54) is 7.11 Å². The minimum Gasteiger partial charge on any atom is -0.494 e. The van der Waals surface area contributed by atoms with E-state index >= 15 is 0 Å². The number of ether oxygens (including phenoxy) is 2. The van der Waals surface area contributed by atoms with E-state index in [0.717, 1.165) is 6.42 Å². The zero-order valence-corrected chi connectivity index (χ0v) is 13.0. The van der Waals surface area contributed by atoms with E-state index in [-0.39, 0.29) is 5.91 Å². The molecule has 0 aliphatic carbocycles. The molecule has 0 bridgehead atoms. The van der Waals surface area contributed by atoms with Gasteiger partial charge in [-0.05, 0) is 38.0 Å². The average molecular weight is 290 g/mol. The van der Waals surface area contributed by atoms with E-state index in [1.807, 2.05) is 13.8 Å². The minimum absolute atomic E-state index is 0.272. The van der Waals surface area contributed by atoms with Crippen molar-refractivity contribution >= 4 is 11.6 Å². The van der Waals surface area contributed by atoms with E-state index < -0.39 is 5.60 Å². The van der Waals surface area contributed by atoms with Gasteiger partial charge in [0, 0.05) is 7.11 Å². The first-order chi connectivity index (χ1) is 10.0. The normalized spacial score (nSPS) is 13.1. The fourth-order valence-corrected chi connectivity index (χ4v) is 1.69. The van der Waals surface area contributed by atoms with Crippen molar-refractivity contribution in [2.24, 2.45) is 0 Å². The summed E-state index contributed by atoms with van der Waals surface area (Å²) < 4.78 is 10.7. The molecule has 21 heavy (non-hydrogen) atoms. The van der Waals surface area contributed by atoms with Gasteiger partial charge in [-0.3, -0.25) is 4.79 Å². The molecule has 0 aliphatic heterocycles. The van der Waals surface area contributed by atoms with E-state index in [1.54, 1.807) is 25.1 Å². The predicted octanol–water partition coefficient (Wildman–Crippen LogP) is 3.10. The fraction of sp³-hybridized carbons (Fsp3) is 0.500. The lowest BCUT2D eigenvalue weighted by Crippen LogP contribution is -2.41. The summed E-state index contributed by atoms with van der Waals surface area (Å²) in [4.78, 5) is 12.2. The summed E-state index contributed by atoms with van der Waals surface area (Å²) in [6, 6.07) is 7.11. The minimum atomic E-state index is -0.913. The Kier molecular flexibility index (Phi) is 6.19. The molecule has 5 nitrogen and oxygen atoms in total. The third-order valence-corrected chi connectivity index (χ3v) is 3.44. The van der Waals surface area contributed by atoms with E-state index in [0.29, 0.717) is 30.0 Å². The number of nitrogens with zero attached hydrogens (tertiary/aromatic N) is 1. The molecule has 0 saturated heterocycles. The van der Waals surface area contributed by atoms with Gasteiger partial charge in [0.2, 0.25) is 0 Å². The van der Waals surface area contributed by atoms with Crippen molar-refractivity contribution in [1.29, 1.82) is 5.26 Å². The summed E-state index contributed by atoms with van der Waals surface area (Å²) in [5.74, 6) is 0.350. The predicted molar refractivity (Wildman–Crippen MR) is 81.3 cm³/mol. The second-order valence-corrected chi connectivity index (χ2v) is 4.91. The lowest BCUT2D eigenvalue weighted by atomic mass is 10.0. The largest absolute Gasteiger partial charge is 0.494 e. The first-order valence-corrected chi connectivity index (χ1v) is 7.04. The van der Waals surface area contributed by atoms with Crippen LogP contribution in [-0.2, 0) is 9.53 Å². The Hall–Kier alpha value is -2.06. The first kappa shape index (κ1) is 17.0. The molecule has 1 atom stereocenters. The zero-order chi connectivity index (χ0) is 15.9. The third kappa shape index (κ3) is 4.20. The molecular formula is C16H22N2O3. The standard InChI is InChI=1S/C16H22N2O3/c1-5-9-21-13-7-8-14(12(10-13)11-17)18-15(19)16(3,6-2)20-4/h7-8,10H,5-6,9H2,1-4H3,(H,18,19)/t16-/m1/s1. The van der Waals surface area contributed by atoms with Gasteiger partial charge in [-0.2, -0.15) is 5.26 Å². The molecule has 0 aliphatic rings. The Morgan fingerprint density at radius 2 is 2.14 bits per heavy atom. The molecule has 0 unspecified atom stereocenters. The SMILES string of the molecule is CCCOc1ccc(NC(=O)[C@@](C)(CC)OC)c(C#N)c1. The van der Waals surface area contributed by atoms with Crippen LogP contribution in [0.1, 0.15) is 39.2 Å². The maximum Gasteiger partial charge on any atom is 0.256 e. The van der Waals surface area contributed by atoms with Gasteiger partial charge in [-0.15, -0.1) is 0 Å². The number of hydrogen-bond donors (Lipinski definition) is 1. The quantitative estimate of drug-likeness (QED) is 0.837. The Morgan fingerprint density at radius 1 is 1.43 bits per heavy atom. The summed E-state index contributed by atoms with van der Waals surface area (Å²) in [5.41, 5.74) is -0.0843. The van der Waals surface area contributed by atoms with Crippen molar-refractivity contribution in [2.75, 3.05) is 19.0 Å². The summed E-state index contributed by atoms with van der Waals surface area (Å²) in [7, 11) is 1.50. The van der Waals surface area contributed by atoms with Gasteiger partial charge in [0.25, 0.3) is 5.91 Å². The van der Waals surface area contributed by atoms with Crippen LogP contribution in [0, 0.1) is 11.3 Å². The van der Waals surface area contributed by atoms with Crippen LogP contribution in [0.2, 0.25) is 0 Å². The molecule has 1 aromatic carbocycles. The van der Waals surface area contributed by atoms with Crippen LogP contribution in [0.3, 0.4) is 0 Å². The van der Waals surface area contributed by atoms with Crippen molar-refractivity contribution in [2.45, 2.75) is 39.2 Å². The van der Waals surface area contributed by atoms with Crippen LogP contribution in [0.4, 0.5) is 5.69 Å². The van der Waals surface area contributed by atoms with Crippen LogP contribution in [0.5, 0.6) is 5.75 Å². The monoisotopic (exact) mass is 290 g/mol. The highest BCUT2D eigenvalue weighted by atomic mass is 16.5. The molecule has 1 aromatic rings. The lowest BCUT2D eigenvalue weighted by Gasteiger charge is -2.25. The highest BCUT2D eigenvalue weighted by molar-refractivity contribution is 5.98. The topological polar surface area (TPSA) is 71.3 Å². The molecule has 0 fully saturated rings. The Labute approximate surface area is 125 Å². The van der Waals surface area contributed by atoms with Crippen molar-refractivity contribution in [1.82, 2.24) is 0 Å². The van der Waals surface area contributed by atoms with Gasteiger partial charge in [0.05, 0.1) is 17.9 Å². The van der Waals surface area contributed by atoms with E-state index in [9.17, 15) is 10.1 Å². The molecule has 114 valence electrons. The molecule has 0 saturated carbocycles. The number of anilines is 1. The van der Waals surface area contributed by atoms with Gasteiger partial charge in [-0.1, -0.05) is 13.8 Å². The zero-order valence-electron chi connectivity index (χ0n) is 13.0. The number of hydrogen-bond acceptors (Lipinski definition) is 4. The summed E-state index contributed by atoms with van der Waals surface area (Å²) >= 11 is 0. The highest BCUT2D eigenvalue weighted by Crippen LogP contribution is 2.24. The van der Waals surface area contributed by atoms with Crippen molar-refractivity contribution < 1.29 is 14.3 Å². The number of nitrogens with one attached hydrogen (secondary N) is 1. The second kappa shape index (κ2) is 7.65. The van der Waals surface area contributed by atoms with Gasteiger partial charge < -0.3 is 14.8 Å². The molecule has 0 radical (unpaired) electrons. The van der Waals surface area contributed by atoms with E-state index in [4.69, 9.17) is 9.47 Å². The number of carbonyl (C=O) groups is 1. The number of benzene rings is 1. The first-order valence-electron chi connectivity index (χ1n) is 7.04. The number of rotatable bonds is 7. The third-order valence-electron chi connectivity index (χ3n) is 3.44. The van der Waals surface area contributed by atoms with Crippen LogP contribution in [0.15, 0.2) is 18.2 Å². The van der Waals surface area contributed by atoms with Crippen molar-refractivity contribution in [3.63, 3.8) is 0 Å². The Bertz CT molecular complexity index is 531. The highest BCUT2D eigenvalue weighted by Gasteiger charge is 2.31. The summed E-state index contributed by atoms with van der Waals surface area (Å²) in [6.07, 6.45) is 1.43. The molecular weight excluding hydrogens is 268 g/mol. The summed E-state index contributed by atoms with van der Waals surface area (Å²) in [6.45, 7) is 6.19. The molecule has 1 rings (SSSR count). The average Bonchev–Trinajstić information content (AvgIpc) is 2.52. The van der Waals surface area contributed by atoms with Crippen LogP contribution in [0.25, 0.3) is 0 Å². The van der Waals surface area contributed by atoms with Crippen molar-refractivity contribution in [3.8, 4) is 11.8 Å². The Balaban J connectivity index is 2.94. The maximum absolute atomic E-state index is 12.2. The van der Waals surface area contributed by atoms with Gasteiger partial charge >= 0.3 is 0 Å². The Morgan fingerprint density at radius 3 is 2.67 bits per heavy atom. The van der Waals surface area contributed by atoms with Crippen LogP contribution >= 0.6 is 0 Å². The van der Waals surface area contributed by atoms with Gasteiger partial charge in [-0.25, -0.2) is 0 Å². The second-order valence-electron chi connectivity index (χ2n) is 4.91. The molecule has 1 amide bonds. The fourth-order valence-electron chi connectivity index (χ4n) is 1.69. The number of methoxy groups -OCH3 is 1. The smallest absolute Gasteiger partial charge is 0.256 e. The number of amides is 1. The molecule has 5 heteroatoms. The molecule has 0 spiro atoms.